The third-order valence-corrected chi connectivity index (χ3v) is 13.6. The first-order valence-electron chi connectivity index (χ1n) is 24.0. The van der Waals surface area contributed by atoms with E-state index in [0.29, 0.717) is 74.0 Å². The quantitative estimate of drug-likeness (QED) is 0.0272. The molecular formula is C51H60F10N10O7. The number of ether oxygens (including phenoxy) is 2. The van der Waals surface area contributed by atoms with E-state index in [2.05, 4.69) is 53.5 Å². The number of carbonyl (C=O) groups excluding carboxylic acids is 4. The molecule has 2 saturated heterocycles. The summed E-state index contributed by atoms with van der Waals surface area (Å²) in [4.78, 5) is 64.6. The number of halogens is 10. The average Bonchev–Trinajstić information content (AvgIpc) is 3.94. The number of alkyl carbamates (subject to hydrolysis) is 2. The van der Waals surface area contributed by atoms with Crippen LogP contribution in [0.3, 0.4) is 0 Å². The van der Waals surface area contributed by atoms with Crippen LogP contribution in [0.15, 0.2) is 65.8 Å². The van der Waals surface area contributed by atoms with E-state index in [1.807, 2.05) is 22.9 Å². The Morgan fingerprint density at radius 1 is 0.821 bits per heavy atom. The van der Waals surface area contributed by atoms with Crippen LogP contribution in [0.2, 0.25) is 0 Å². The van der Waals surface area contributed by atoms with Gasteiger partial charge in [0.2, 0.25) is 5.91 Å². The second-order valence-corrected chi connectivity index (χ2v) is 19.9. The molecule has 3 heterocycles. The number of nitrogens with two attached hydrogens (primary N) is 1. The molecule has 0 bridgehead atoms. The number of nitrogens with zero attached hydrogens (tertiary/aromatic N) is 5. The number of fused-ring (bicyclic) bond motifs is 1. The van der Waals surface area contributed by atoms with Crippen molar-refractivity contribution in [3.63, 3.8) is 0 Å². The van der Waals surface area contributed by atoms with Crippen LogP contribution >= 0.6 is 0 Å². The van der Waals surface area contributed by atoms with Gasteiger partial charge in [-0.25, -0.2) is 33.4 Å². The lowest BCUT2D eigenvalue weighted by molar-refractivity contribution is -0.221. The maximum absolute atomic E-state index is 15.9. The van der Waals surface area contributed by atoms with Gasteiger partial charge in [-0.1, -0.05) is 24.0 Å². The molecule has 78 heavy (non-hydrogen) atoms. The lowest BCUT2D eigenvalue weighted by atomic mass is 9.82. The molecule has 0 saturated carbocycles. The van der Waals surface area contributed by atoms with Crippen molar-refractivity contribution in [1.29, 1.82) is 0 Å². The van der Waals surface area contributed by atoms with Gasteiger partial charge in [0.05, 0.1) is 37.2 Å². The van der Waals surface area contributed by atoms with Gasteiger partial charge in [0.15, 0.2) is 0 Å². The number of rotatable bonds is 19. The number of hydrogen-bond acceptors (Lipinski definition) is 13. The highest BCUT2D eigenvalue weighted by molar-refractivity contribution is 5.87. The summed E-state index contributed by atoms with van der Waals surface area (Å²) in [5, 5.41) is 18.4. The van der Waals surface area contributed by atoms with Crippen molar-refractivity contribution in [2.45, 2.75) is 83.8 Å². The van der Waals surface area contributed by atoms with Crippen LogP contribution in [0.25, 0.3) is 5.70 Å². The van der Waals surface area contributed by atoms with Gasteiger partial charge in [0.25, 0.3) is 5.91 Å². The molecule has 0 unspecified atom stereocenters. The summed E-state index contributed by atoms with van der Waals surface area (Å²) in [6.07, 6.45) is -13.0. The molecule has 6 atom stereocenters. The standard InChI is InChI=1S/C51H60F10N10O7/c1-48(2,50(56,57)58)41(66-46(75)77-6)43(73)65-38(18-29-11-8-28(9-12-29)10-13-30-14-15-40(64-21-30)70-24-32-22-69(5)23-33(32)25-70)39(72)27-71(68-44(74)42(67-47(76)78-7)49(3,4)51(59,60)61)26-34-35(52)19-31(20-36(34)53)37(62)16-17-63-45(54)55/h8-9,11-12,14-17,19-21,32-33,38-39,41-42,45,72H,18,22-27,62H2,1-7H3,(H,65,73)(H,66,75)(H,67,76)(H,68,74)/b37-16-,63-17+/t32-,33+,38-,39-,41+,42+/m0/s1. The van der Waals surface area contributed by atoms with Crippen molar-refractivity contribution in [2.24, 2.45) is 33.4 Å². The Morgan fingerprint density at radius 2 is 1.33 bits per heavy atom. The summed E-state index contributed by atoms with van der Waals surface area (Å²) in [5.41, 5.74) is 1.16. The number of carbonyl (C=O) groups is 4. The second kappa shape index (κ2) is 25.5. The van der Waals surface area contributed by atoms with E-state index in [1.54, 1.807) is 11.5 Å². The normalized spacial score (nSPS) is 17.9. The minimum absolute atomic E-state index is 0.270. The molecule has 17 nitrogen and oxygen atoms in total. The number of alkyl halides is 8. The molecule has 1 aromatic heterocycles. The molecule has 5 rings (SSSR count). The highest BCUT2D eigenvalue weighted by Crippen LogP contribution is 2.42. The van der Waals surface area contributed by atoms with Gasteiger partial charge in [-0.2, -0.15) is 35.1 Å². The number of pyridine rings is 1. The molecule has 7 N–H and O–H groups in total. The van der Waals surface area contributed by atoms with Gasteiger partial charge in [-0.3, -0.25) is 15.0 Å². The molecule has 4 amide bonds. The first-order valence-corrected chi connectivity index (χ1v) is 24.0. The molecule has 2 aliphatic heterocycles. The Bertz CT molecular complexity index is 2700. The van der Waals surface area contributed by atoms with E-state index in [1.165, 1.54) is 24.3 Å². The third-order valence-electron chi connectivity index (χ3n) is 13.6. The van der Waals surface area contributed by atoms with Crippen LogP contribution in [0.1, 0.15) is 55.5 Å². The molecule has 426 valence electrons. The molecule has 0 aliphatic carbocycles. The monoisotopic (exact) mass is 1110 g/mol. The number of allylic oxidation sites excluding steroid dienone is 1. The maximum atomic E-state index is 15.9. The zero-order valence-corrected chi connectivity index (χ0v) is 43.3. The van der Waals surface area contributed by atoms with Crippen LogP contribution < -0.4 is 32.0 Å². The topological polar surface area (TPSA) is 216 Å². The Balaban J connectivity index is 1.51. The first-order chi connectivity index (χ1) is 36.3. The molecule has 2 aromatic carbocycles. The van der Waals surface area contributed by atoms with E-state index >= 15 is 8.78 Å². The number of hydrazine groups is 1. The predicted molar refractivity (Wildman–Crippen MR) is 265 cm³/mol. The van der Waals surface area contributed by atoms with Gasteiger partial charge in [0.1, 0.15) is 29.5 Å². The highest BCUT2D eigenvalue weighted by atomic mass is 19.4. The van der Waals surface area contributed by atoms with Crippen LogP contribution in [-0.2, 0) is 32.0 Å². The lowest BCUT2D eigenvalue weighted by Crippen LogP contribution is -2.63. The van der Waals surface area contributed by atoms with E-state index in [0.717, 1.165) is 52.3 Å². The van der Waals surface area contributed by atoms with Gasteiger partial charge in [-0.15, -0.1) is 0 Å². The summed E-state index contributed by atoms with van der Waals surface area (Å²) in [6, 6.07) is 4.20. The van der Waals surface area contributed by atoms with Gasteiger partial charge in [0, 0.05) is 79.6 Å². The van der Waals surface area contributed by atoms with Crippen LogP contribution in [-0.4, -0.2) is 147 Å². The summed E-state index contributed by atoms with van der Waals surface area (Å²) < 4.78 is 153. The van der Waals surface area contributed by atoms with E-state index in [4.69, 9.17) is 5.73 Å². The van der Waals surface area contributed by atoms with Crippen molar-refractivity contribution >= 4 is 41.7 Å². The average molecular weight is 1120 g/mol. The number of likely N-dealkylation sites (tertiary alicyclic amines) is 1. The number of methoxy groups -OCH3 is 2. The summed E-state index contributed by atoms with van der Waals surface area (Å²) >= 11 is 0. The number of hydrogen-bond donors (Lipinski definition) is 6. The SMILES string of the molecule is COC(=O)N[C@H](C(=O)N[C@@H](Cc1ccc(C#Cc2ccc(N3C[C@H]4CN(C)C[C@H]4C3)nc2)cc1)[C@@H](O)CN(Cc1c(F)cc(/C(N)=C/C=N/C(F)F)cc1F)NC(=O)[C@@H](NC(=O)OC)C(C)(C)C(F)(F)F)C(C)(C)C(F)(F)F. The van der Waals surface area contributed by atoms with Crippen LogP contribution in [0, 0.1) is 46.1 Å². The Labute approximate surface area is 442 Å². The van der Waals surface area contributed by atoms with E-state index < -0.39 is 126 Å². The molecule has 27 heteroatoms. The highest BCUT2D eigenvalue weighted by Gasteiger charge is 2.57. The van der Waals surface area contributed by atoms with Gasteiger partial charge in [-0.05, 0) is 101 Å². The van der Waals surface area contributed by atoms with Crippen molar-refractivity contribution in [3.05, 3.63) is 100 Å². The minimum atomic E-state index is -5.23. The smallest absolute Gasteiger partial charge is 0.407 e. The van der Waals surface area contributed by atoms with Gasteiger partial charge < -0.3 is 46.1 Å². The maximum Gasteiger partial charge on any atom is 0.407 e. The van der Waals surface area contributed by atoms with E-state index in [9.17, 15) is 59.4 Å². The van der Waals surface area contributed by atoms with Crippen molar-refractivity contribution < 1.29 is 77.7 Å². The molecule has 0 radical (unpaired) electrons. The number of aliphatic hydroxyl groups excluding tert-OH is 1. The summed E-state index contributed by atoms with van der Waals surface area (Å²) in [5.74, 6) is 1.83. The number of aliphatic imine (C=N–C) groups is 1. The number of aliphatic hydroxyl groups is 1. The second-order valence-electron chi connectivity index (χ2n) is 19.9. The Kier molecular flexibility index (Phi) is 20.2. The molecule has 0 spiro atoms. The molecule has 2 aliphatic rings. The first kappa shape index (κ1) is 61.7. The van der Waals surface area contributed by atoms with Gasteiger partial charge >= 0.3 is 31.1 Å². The minimum Gasteiger partial charge on any atom is -0.453 e. The van der Waals surface area contributed by atoms with Crippen molar-refractivity contribution in [1.82, 2.24) is 36.3 Å². The number of aromatic nitrogens is 1. The Morgan fingerprint density at radius 3 is 1.82 bits per heavy atom. The van der Waals surface area contributed by atoms with Crippen LogP contribution in [0.5, 0.6) is 0 Å². The zero-order chi connectivity index (χ0) is 58.1. The predicted octanol–water partition coefficient (Wildman–Crippen LogP) is 5.90. The largest absolute Gasteiger partial charge is 0.453 e. The lowest BCUT2D eigenvalue weighted by Gasteiger charge is -2.38. The molecule has 3 aromatic rings. The number of anilines is 1. The number of amides is 4. The fourth-order valence-corrected chi connectivity index (χ4v) is 8.68. The number of benzene rings is 2. The zero-order valence-electron chi connectivity index (χ0n) is 43.3. The third kappa shape index (κ3) is 15.7. The number of nitrogens with one attached hydrogen (secondary N) is 4. The van der Waals surface area contributed by atoms with Crippen molar-refractivity contribution in [3.8, 4) is 11.8 Å². The van der Waals surface area contributed by atoms with Crippen molar-refractivity contribution in [2.75, 3.05) is 58.9 Å². The Hall–Kier alpha value is -7.18. The molecular weight excluding hydrogens is 1050 g/mol. The van der Waals surface area contributed by atoms with E-state index in [-0.39, 0.29) is 5.56 Å². The summed E-state index contributed by atoms with van der Waals surface area (Å²) in [6.45, 7) is 0.643. The fraction of sp³-hybridized carbons (Fsp3) is 0.490. The fourth-order valence-electron chi connectivity index (χ4n) is 8.68. The summed E-state index contributed by atoms with van der Waals surface area (Å²) in [7, 11) is 3.70. The van der Waals surface area contributed by atoms with Crippen LogP contribution in [0.4, 0.5) is 59.3 Å². The molecule has 2 fully saturated rings.